The zero-order chi connectivity index (χ0) is 17.5. The van der Waals surface area contributed by atoms with Gasteiger partial charge in [-0.25, -0.2) is 0 Å². The van der Waals surface area contributed by atoms with Crippen LogP contribution < -0.4 is 17.2 Å². The first kappa shape index (κ1) is 17.7. The molecule has 0 aliphatic carbocycles. The molecule has 0 aromatic heterocycles. The van der Waals surface area contributed by atoms with E-state index < -0.39 is 0 Å². The van der Waals surface area contributed by atoms with Crippen LogP contribution in [0.4, 0.5) is 0 Å². The van der Waals surface area contributed by atoms with Crippen LogP contribution in [0.2, 0.25) is 0 Å². The van der Waals surface area contributed by atoms with Crippen LogP contribution in [0.5, 0.6) is 5.75 Å². The van der Waals surface area contributed by atoms with E-state index in [2.05, 4.69) is 32.0 Å². The quantitative estimate of drug-likeness (QED) is 0.378. The number of nitrogens with zero attached hydrogens (tertiary/aromatic N) is 1. The second-order valence-electron chi connectivity index (χ2n) is 5.79. The van der Waals surface area contributed by atoms with E-state index in [1.54, 1.807) is 24.3 Å². The molecule has 7 N–H and O–H groups in total. The monoisotopic (exact) mass is 324 g/mol. The van der Waals surface area contributed by atoms with Crippen LogP contribution in [0, 0.1) is 5.92 Å². The molecule has 1 aliphatic rings. The van der Waals surface area contributed by atoms with Crippen molar-refractivity contribution < 1.29 is 5.11 Å². The Bertz CT molecular complexity index is 674. The average molecular weight is 324 g/mol. The molecule has 5 nitrogen and oxygen atoms in total. The molecular formula is C18H25BN4O. The summed E-state index contributed by atoms with van der Waals surface area (Å²) < 4.78 is 0. The standard InChI is InChI=1S/C18H25BN4O/c1-2-13-6-5-9-23(12-19-11-13)16(18(21)22)10-15(20)14-7-3-4-8-17(14)24/h3-8,10-11,13,24H,2,9,12,20-22H2,1H3/b6-5-,15-10-. The molecule has 1 unspecified atom stereocenters. The molecule has 1 aromatic carbocycles. The summed E-state index contributed by atoms with van der Waals surface area (Å²) in [7, 11) is 0. The van der Waals surface area contributed by atoms with Gasteiger partial charge < -0.3 is 0 Å². The molecule has 1 atom stereocenters. The number of aromatic hydroxyl groups is 1. The SMILES string of the molecule is CCC1C=BCN(C(/C=C(\N)c2ccccc2O)=C(N)N)C/C=C\1. The number of hydrogen-bond acceptors (Lipinski definition) is 5. The van der Waals surface area contributed by atoms with Gasteiger partial charge in [-0.05, 0) is 0 Å². The molecule has 0 amide bonds. The molecule has 0 saturated carbocycles. The molecule has 0 fully saturated rings. The van der Waals surface area contributed by atoms with Crippen molar-refractivity contribution in [1.82, 2.24) is 4.90 Å². The summed E-state index contributed by atoms with van der Waals surface area (Å²) in [6.45, 7) is 4.97. The zero-order valence-electron chi connectivity index (χ0n) is 14.0. The Kier molecular flexibility index (Phi) is 6.12. The first-order valence-corrected chi connectivity index (χ1v) is 8.12. The summed E-state index contributed by atoms with van der Waals surface area (Å²) in [5.41, 5.74) is 19.5. The van der Waals surface area contributed by atoms with E-state index in [0.717, 1.165) is 6.42 Å². The Morgan fingerprint density at radius 1 is 1.33 bits per heavy atom. The number of nitrogens with two attached hydrogens (primary N) is 3. The van der Waals surface area contributed by atoms with Crippen LogP contribution in [0.15, 0.2) is 54.0 Å². The van der Waals surface area contributed by atoms with E-state index in [1.165, 1.54) is 0 Å². The minimum atomic E-state index is 0.124. The molecule has 24 heavy (non-hydrogen) atoms. The van der Waals surface area contributed by atoms with Crippen molar-refractivity contribution in [2.24, 2.45) is 23.1 Å². The summed E-state index contributed by atoms with van der Waals surface area (Å²) in [5.74, 6) is 2.97. The van der Waals surface area contributed by atoms with Crippen molar-refractivity contribution in [3.8, 4) is 5.75 Å². The van der Waals surface area contributed by atoms with E-state index in [1.807, 2.05) is 11.0 Å². The molecule has 2 rings (SSSR count). The topological polar surface area (TPSA) is 102 Å². The van der Waals surface area contributed by atoms with Gasteiger partial charge in [0.05, 0.1) is 0 Å². The second-order valence-corrected chi connectivity index (χ2v) is 5.79. The summed E-state index contributed by atoms with van der Waals surface area (Å²) in [6, 6.07) is 6.91. The second kappa shape index (κ2) is 8.29. The van der Waals surface area contributed by atoms with Gasteiger partial charge in [0.25, 0.3) is 0 Å². The van der Waals surface area contributed by atoms with Gasteiger partial charge in [-0.3, -0.25) is 0 Å². The molecular weight excluding hydrogens is 299 g/mol. The van der Waals surface area contributed by atoms with Crippen LogP contribution in [0.25, 0.3) is 5.70 Å². The molecule has 6 heteroatoms. The number of para-hydroxylation sites is 1. The molecule has 126 valence electrons. The Labute approximate surface area is 144 Å². The van der Waals surface area contributed by atoms with Crippen LogP contribution >= 0.6 is 0 Å². The summed E-state index contributed by atoms with van der Waals surface area (Å²) >= 11 is 0. The Hall–Kier alpha value is -2.63. The average Bonchev–Trinajstić information content (AvgIpc) is 2.53. The third kappa shape index (κ3) is 4.44. The first-order chi connectivity index (χ1) is 11.5. The van der Waals surface area contributed by atoms with Crippen molar-refractivity contribution in [3.63, 3.8) is 0 Å². The van der Waals surface area contributed by atoms with E-state index >= 15 is 0 Å². The summed E-state index contributed by atoms with van der Waals surface area (Å²) in [5, 5.41) is 9.95. The van der Waals surface area contributed by atoms with Crippen molar-refractivity contribution >= 4 is 18.6 Å². The van der Waals surface area contributed by atoms with Gasteiger partial charge in [-0.2, -0.15) is 0 Å². The summed E-state index contributed by atoms with van der Waals surface area (Å²) in [4.78, 5) is 2.04. The van der Waals surface area contributed by atoms with Crippen LogP contribution in [0.3, 0.4) is 0 Å². The van der Waals surface area contributed by atoms with E-state index in [-0.39, 0.29) is 11.6 Å². The van der Waals surface area contributed by atoms with Crippen LogP contribution in [0.1, 0.15) is 18.9 Å². The van der Waals surface area contributed by atoms with E-state index in [4.69, 9.17) is 17.2 Å². The Balaban J connectivity index is 2.28. The fourth-order valence-corrected chi connectivity index (χ4v) is 2.63. The van der Waals surface area contributed by atoms with Crippen molar-refractivity contribution in [1.29, 1.82) is 0 Å². The first-order valence-electron chi connectivity index (χ1n) is 8.12. The Morgan fingerprint density at radius 2 is 2.08 bits per heavy atom. The van der Waals surface area contributed by atoms with Crippen molar-refractivity contribution in [2.45, 2.75) is 13.3 Å². The predicted molar refractivity (Wildman–Crippen MR) is 102 cm³/mol. The zero-order valence-corrected chi connectivity index (χ0v) is 14.0. The fraction of sp³-hybridized carbons (Fsp3) is 0.278. The molecule has 1 aliphatic heterocycles. The van der Waals surface area contributed by atoms with Crippen molar-refractivity contribution in [3.05, 3.63) is 59.6 Å². The maximum absolute atomic E-state index is 9.95. The third-order valence-electron chi connectivity index (χ3n) is 4.03. The molecule has 0 saturated heterocycles. The van der Waals surface area contributed by atoms with Gasteiger partial charge in [0.1, 0.15) is 0 Å². The number of rotatable bonds is 4. The van der Waals surface area contributed by atoms with Gasteiger partial charge in [0, 0.05) is 0 Å². The van der Waals surface area contributed by atoms with Gasteiger partial charge in [-0.1, -0.05) is 0 Å². The number of allylic oxidation sites excluding steroid dienone is 2. The number of phenols is 1. The van der Waals surface area contributed by atoms with Crippen molar-refractivity contribution in [2.75, 3.05) is 13.0 Å². The van der Waals surface area contributed by atoms with Crippen LogP contribution in [-0.4, -0.2) is 35.9 Å². The van der Waals surface area contributed by atoms with Crippen LogP contribution in [-0.2, 0) is 0 Å². The Morgan fingerprint density at radius 3 is 2.75 bits per heavy atom. The fourth-order valence-electron chi connectivity index (χ4n) is 2.63. The minimum absolute atomic E-state index is 0.124. The summed E-state index contributed by atoms with van der Waals surface area (Å²) in [6.07, 6.45) is 7.78. The van der Waals surface area contributed by atoms with E-state index in [0.29, 0.717) is 35.9 Å². The number of benzene rings is 1. The third-order valence-corrected chi connectivity index (χ3v) is 4.03. The predicted octanol–water partition coefficient (Wildman–Crippen LogP) is 1.14. The number of phenolic OH excluding ortho intramolecular Hbond substituents is 1. The van der Waals surface area contributed by atoms with E-state index in [9.17, 15) is 5.11 Å². The molecule has 0 bridgehead atoms. The normalized spacial score (nSPS) is 19.1. The van der Waals surface area contributed by atoms with Gasteiger partial charge in [0.2, 0.25) is 0 Å². The van der Waals surface area contributed by atoms with Gasteiger partial charge >= 0.3 is 143 Å². The molecule has 0 spiro atoms. The molecule has 0 radical (unpaired) electrons. The van der Waals surface area contributed by atoms with Gasteiger partial charge in [-0.15, -0.1) is 0 Å². The maximum atomic E-state index is 9.95. The van der Waals surface area contributed by atoms with Gasteiger partial charge in [0.15, 0.2) is 0 Å². The molecule has 1 aromatic rings. The molecule has 1 heterocycles. The number of hydrogen-bond donors (Lipinski definition) is 4.